The van der Waals surface area contributed by atoms with Gasteiger partial charge >= 0.3 is 0 Å². The Hall–Kier alpha value is -1.16. The van der Waals surface area contributed by atoms with Gasteiger partial charge in [0.15, 0.2) is 0 Å². The Morgan fingerprint density at radius 3 is 2.53 bits per heavy atom. The average Bonchev–Trinajstić information content (AvgIpc) is 2.21. The van der Waals surface area contributed by atoms with Crippen molar-refractivity contribution in [2.45, 2.75) is 19.9 Å². The molecule has 0 heterocycles. The third-order valence-corrected chi connectivity index (χ3v) is 2.43. The molecule has 1 rings (SSSR count). The Bertz CT molecular complexity index is 328. The lowest BCUT2D eigenvalue weighted by molar-refractivity contribution is 0.568. The second-order valence-corrected chi connectivity index (χ2v) is 3.47. The zero-order chi connectivity index (χ0) is 11.4. The normalized spacial score (nSPS) is 12.6. The molecule has 1 unspecified atom stereocenters. The highest BCUT2D eigenvalue weighted by Gasteiger charge is 2.15. The van der Waals surface area contributed by atoms with Crippen LogP contribution in [0.5, 0.6) is 0 Å². The molecule has 0 bridgehead atoms. The summed E-state index contributed by atoms with van der Waals surface area (Å²) in [6, 6.07) is 3.63. The number of anilines is 1. The van der Waals surface area contributed by atoms with E-state index in [9.17, 15) is 8.78 Å². The van der Waals surface area contributed by atoms with Crippen molar-refractivity contribution in [3.05, 3.63) is 29.8 Å². The summed E-state index contributed by atoms with van der Waals surface area (Å²) in [5.41, 5.74) is 5.93. The monoisotopic (exact) mass is 214 g/mol. The molecule has 0 aliphatic heterocycles. The van der Waals surface area contributed by atoms with Crippen LogP contribution in [0.3, 0.4) is 0 Å². The number of rotatable bonds is 4. The molecule has 0 radical (unpaired) electrons. The van der Waals surface area contributed by atoms with Crippen LogP contribution >= 0.6 is 0 Å². The molecule has 0 aliphatic rings. The van der Waals surface area contributed by atoms with Crippen molar-refractivity contribution in [1.82, 2.24) is 0 Å². The number of hydrogen-bond acceptors (Lipinski definition) is 2. The summed E-state index contributed by atoms with van der Waals surface area (Å²) in [5, 5.41) is 0. The van der Waals surface area contributed by atoms with E-state index in [0.717, 1.165) is 6.07 Å². The first-order chi connectivity index (χ1) is 7.10. The number of nitrogens with two attached hydrogens (primary N) is 1. The number of hydrogen-bond donors (Lipinski definition) is 1. The first kappa shape index (κ1) is 11.9. The Balaban J connectivity index is 3.01. The van der Waals surface area contributed by atoms with E-state index in [1.807, 2.05) is 18.7 Å². The van der Waals surface area contributed by atoms with Crippen LogP contribution < -0.4 is 10.6 Å². The van der Waals surface area contributed by atoms with Gasteiger partial charge in [-0.05, 0) is 26.0 Å². The largest absolute Gasteiger partial charge is 0.365 e. The zero-order valence-electron chi connectivity index (χ0n) is 9.00. The first-order valence-corrected chi connectivity index (χ1v) is 5.01. The molecule has 1 aromatic rings. The van der Waals surface area contributed by atoms with Crippen molar-refractivity contribution < 1.29 is 8.78 Å². The Morgan fingerprint density at radius 1 is 1.40 bits per heavy atom. The van der Waals surface area contributed by atoms with Crippen LogP contribution in [-0.2, 0) is 0 Å². The lowest BCUT2D eigenvalue weighted by atomic mass is 10.2. The van der Waals surface area contributed by atoms with Gasteiger partial charge in [0.05, 0.1) is 5.69 Å². The molecule has 15 heavy (non-hydrogen) atoms. The van der Waals surface area contributed by atoms with E-state index in [4.69, 9.17) is 5.73 Å². The lowest BCUT2D eigenvalue weighted by Crippen LogP contribution is -2.38. The summed E-state index contributed by atoms with van der Waals surface area (Å²) in [4.78, 5) is 1.81. The molecule has 0 spiro atoms. The smallest absolute Gasteiger partial charge is 0.149 e. The number of benzene rings is 1. The Labute approximate surface area is 88.7 Å². The van der Waals surface area contributed by atoms with Gasteiger partial charge in [0.2, 0.25) is 0 Å². The molecular weight excluding hydrogens is 198 g/mol. The minimum atomic E-state index is -0.562. The summed E-state index contributed by atoms with van der Waals surface area (Å²) < 4.78 is 26.2. The van der Waals surface area contributed by atoms with Crippen LogP contribution in [0, 0.1) is 11.6 Å². The van der Waals surface area contributed by atoms with E-state index >= 15 is 0 Å². The predicted molar refractivity (Wildman–Crippen MR) is 57.9 cm³/mol. The molecule has 0 aliphatic carbocycles. The molecule has 1 atom stereocenters. The maximum absolute atomic E-state index is 13.5. The van der Waals surface area contributed by atoms with Crippen molar-refractivity contribution in [3.63, 3.8) is 0 Å². The van der Waals surface area contributed by atoms with E-state index in [1.54, 1.807) is 0 Å². The van der Waals surface area contributed by atoms with Gasteiger partial charge in [-0.25, -0.2) is 8.78 Å². The van der Waals surface area contributed by atoms with E-state index in [2.05, 4.69) is 0 Å². The quantitative estimate of drug-likeness (QED) is 0.832. The van der Waals surface area contributed by atoms with Gasteiger partial charge in [-0.2, -0.15) is 0 Å². The van der Waals surface area contributed by atoms with Crippen molar-refractivity contribution in [2.24, 2.45) is 5.73 Å². The first-order valence-electron chi connectivity index (χ1n) is 5.01. The maximum atomic E-state index is 13.5. The molecule has 0 aromatic heterocycles. The summed E-state index contributed by atoms with van der Waals surface area (Å²) in [6.07, 6.45) is 0. The fourth-order valence-electron chi connectivity index (χ4n) is 1.56. The molecule has 4 heteroatoms. The second-order valence-electron chi connectivity index (χ2n) is 3.47. The van der Waals surface area contributed by atoms with E-state index in [-0.39, 0.29) is 6.04 Å². The van der Waals surface area contributed by atoms with Gasteiger partial charge in [-0.15, -0.1) is 0 Å². The number of likely N-dealkylation sites (N-methyl/N-ethyl adjacent to an activating group) is 1. The maximum Gasteiger partial charge on any atom is 0.149 e. The molecule has 0 amide bonds. The topological polar surface area (TPSA) is 29.3 Å². The highest BCUT2D eigenvalue weighted by molar-refractivity contribution is 5.48. The minimum absolute atomic E-state index is 0.0370. The fourth-order valence-corrected chi connectivity index (χ4v) is 1.56. The molecule has 0 saturated carbocycles. The van der Waals surface area contributed by atoms with Gasteiger partial charge in [-0.1, -0.05) is 0 Å². The van der Waals surface area contributed by atoms with Gasteiger partial charge in [0.1, 0.15) is 11.6 Å². The summed E-state index contributed by atoms with van der Waals surface area (Å²) in [7, 11) is 0. The zero-order valence-corrected chi connectivity index (χ0v) is 9.00. The van der Waals surface area contributed by atoms with Crippen molar-refractivity contribution in [3.8, 4) is 0 Å². The van der Waals surface area contributed by atoms with Crippen LogP contribution in [0.15, 0.2) is 18.2 Å². The molecule has 0 saturated heterocycles. The summed E-state index contributed by atoms with van der Waals surface area (Å²) in [5.74, 6) is -1.11. The van der Waals surface area contributed by atoms with Crippen LogP contribution in [0.4, 0.5) is 14.5 Å². The summed E-state index contributed by atoms with van der Waals surface area (Å²) in [6.45, 7) is 4.90. The average molecular weight is 214 g/mol. The molecule has 2 N–H and O–H groups in total. The summed E-state index contributed by atoms with van der Waals surface area (Å²) >= 11 is 0. The fraction of sp³-hybridized carbons (Fsp3) is 0.455. The standard InChI is InChI=1S/C11H16F2N2/c1-3-15(8(2)7-14)11-5-4-9(12)6-10(11)13/h4-6,8H,3,7,14H2,1-2H3. The highest BCUT2D eigenvalue weighted by atomic mass is 19.1. The Kier molecular flexibility index (Phi) is 4.03. The van der Waals surface area contributed by atoms with Gasteiger partial charge in [0, 0.05) is 25.2 Å². The van der Waals surface area contributed by atoms with Crippen molar-refractivity contribution in [1.29, 1.82) is 0 Å². The van der Waals surface area contributed by atoms with Gasteiger partial charge in [-0.3, -0.25) is 0 Å². The molecule has 0 fully saturated rings. The van der Waals surface area contributed by atoms with E-state index in [1.165, 1.54) is 12.1 Å². The van der Waals surface area contributed by atoms with Crippen LogP contribution in [0.25, 0.3) is 0 Å². The van der Waals surface area contributed by atoms with Crippen molar-refractivity contribution in [2.75, 3.05) is 18.0 Å². The van der Waals surface area contributed by atoms with Crippen molar-refractivity contribution >= 4 is 5.69 Å². The molecular formula is C11H16F2N2. The molecule has 84 valence electrons. The molecule has 2 nitrogen and oxygen atoms in total. The van der Waals surface area contributed by atoms with E-state index < -0.39 is 11.6 Å². The molecule has 1 aromatic carbocycles. The van der Waals surface area contributed by atoms with Crippen LogP contribution in [0.1, 0.15) is 13.8 Å². The van der Waals surface area contributed by atoms with Crippen LogP contribution in [-0.4, -0.2) is 19.1 Å². The Morgan fingerprint density at radius 2 is 2.07 bits per heavy atom. The highest BCUT2D eigenvalue weighted by Crippen LogP contribution is 2.21. The number of halogens is 2. The minimum Gasteiger partial charge on any atom is -0.365 e. The van der Waals surface area contributed by atoms with Gasteiger partial charge < -0.3 is 10.6 Å². The third-order valence-electron chi connectivity index (χ3n) is 2.43. The number of nitrogens with zero attached hydrogens (tertiary/aromatic N) is 1. The third kappa shape index (κ3) is 2.65. The van der Waals surface area contributed by atoms with E-state index in [0.29, 0.717) is 18.8 Å². The van der Waals surface area contributed by atoms with Crippen LogP contribution in [0.2, 0.25) is 0 Å². The second kappa shape index (κ2) is 5.07. The SMILES string of the molecule is CCN(c1ccc(F)cc1F)C(C)CN. The lowest BCUT2D eigenvalue weighted by Gasteiger charge is -2.29. The van der Waals surface area contributed by atoms with Gasteiger partial charge in [0.25, 0.3) is 0 Å². The predicted octanol–water partition coefficient (Wildman–Crippen LogP) is 2.14.